The first kappa shape index (κ1) is 14.5. The van der Waals surface area contributed by atoms with E-state index < -0.39 is 11.9 Å². The van der Waals surface area contributed by atoms with Gasteiger partial charge in [-0.3, -0.25) is 4.79 Å². The summed E-state index contributed by atoms with van der Waals surface area (Å²) in [6.07, 6.45) is 1.55. The summed E-state index contributed by atoms with van der Waals surface area (Å²) in [4.78, 5) is 19.4. The number of hydrogen-bond acceptors (Lipinski definition) is 4. The maximum absolute atomic E-state index is 11.0. The van der Waals surface area contributed by atoms with Crippen LogP contribution in [0.1, 0.15) is 18.7 Å². The molecule has 5 nitrogen and oxygen atoms in total. The van der Waals surface area contributed by atoms with Gasteiger partial charge in [-0.25, -0.2) is 9.97 Å². The van der Waals surface area contributed by atoms with Crippen LogP contribution in [0.2, 0.25) is 0 Å². The molecule has 0 saturated carbocycles. The second-order valence-electron chi connectivity index (χ2n) is 4.20. The highest BCUT2D eigenvalue weighted by atomic mass is 79.9. The van der Waals surface area contributed by atoms with Crippen LogP contribution in [-0.2, 0) is 4.79 Å². The first-order valence-electron chi connectivity index (χ1n) is 5.92. The minimum atomic E-state index is -0.955. The summed E-state index contributed by atoms with van der Waals surface area (Å²) >= 11 is 3.40. The molecule has 0 spiro atoms. The Balaban J connectivity index is 2.51. The van der Waals surface area contributed by atoms with Crippen LogP contribution in [0, 0.1) is 0 Å². The van der Waals surface area contributed by atoms with Crippen LogP contribution >= 0.6 is 15.9 Å². The van der Waals surface area contributed by atoms with Crippen LogP contribution in [0.4, 0.5) is 0 Å². The van der Waals surface area contributed by atoms with Crippen molar-refractivity contribution in [2.75, 3.05) is 7.11 Å². The lowest BCUT2D eigenvalue weighted by molar-refractivity contribution is -0.138. The summed E-state index contributed by atoms with van der Waals surface area (Å²) < 4.78 is 6.19. The number of benzene rings is 1. The monoisotopic (exact) mass is 336 g/mol. The Kier molecular flexibility index (Phi) is 4.34. The van der Waals surface area contributed by atoms with E-state index in [0.29, 0.717) is 11.4 Å². The smallest absolute Gasteiger partial charge is 0.313 e. The summed E-state index contributed by atoms with van der Waals surface area (Å²) in [5.74, 6) is -0.769. The highest BCUT2D eigenvalue weighted by Crippen LogP contribution is 2.31. The molecule has 20 heavy (non-hydrogen) atoms. The van der Waals surface area contributed by atoms with E-state index in [1.54, 1.807) is 26.3 Å². The Morgan fingerprint density at radius 2 is 2.15 bits per heavy atom. The average molecular weight is 337 g/mol. The maximum Gasteiger partial charge on any atom is 0.313 e. The SMILES string of the molecule is COc1ccc(Br)cc1-c1ccnc(C(C)C(=O)O)n1. The lowest BCUT2D eigenvalue weighted by Crippen LogP contribution is -2.11. The van der Waals surface area contributed by atoms with Gasteiger partial charge >= 0.3 is 5.97 Å². The Hall–Kier alpha value is -1.95. The molecular weight excluding hydrogens is 324 g/mol. The molecule has 0 aliphatic rings. The van der Waals surface area contributed by atoms with E-state index in [9.17, 15) is 4.79 Å². The zero-order valence-electron chi connectivity index (χ0n) is 11.0. The van der Waals surface area contributed by atoms with Crippen molar-refractivity contribution in [3.05, 3.63) is 40.8 Å². The molecule has 0 fully saturated rings. The van der Waals surface area contributed by atoms with Crippen LogP contribution in [0.25, 0.3) is 11.3 Å². The summed E-state index contributed by atoms with van der Waals surface area (Å²) in [5, 5.41) is 9.03. The van der Waals surface area contributed by atoms with Crippen LogP contribution < -0.4 is 4.74 Å². The molecule has 1 aromatic carbocycles. The molecule has 0 aliphatic carbocycles. The zero-order chi connectivity index (χ0) is 14.7. The lowest BCUT2D eigenvalue weighted by atomic mass is 10.1. The van der Waals surface area contributed by atoms with Crippen molar-refractivity contribution in [2.24, 2.45) is 0 Å². The number of carboxylic acid groups (broad SMARTS) is 1. The molecule has 0 amide bonds. The fourth-order valence-corrected chi connectivity index (χ4v) is 2.08. The quantitative estimate of drug-likeness (QED) is 0.928. The van der Waals surface area contributed by atoms with Gasteiger partial charge < -0.3 is 9.84 Å². The first-order chi connectivity index (χ1) is 9.52. The highest BCUT2D eigenvalue weighted by molar-refractivity contribution is 9.10. The van der Waals surface area contributed by atoms with E-state index in [-0.39, 0.29) is 5.82 Å². The molecule has 0 aliphatic heterocycles. The Morgan fingerprint density at radius 1 is 1.40 bits per heavy atom. The van der Waals surface area contributed by atoms with E-state index in [0.717, 1.165) is 10.0 Å². The number of carboxylic acids is 1. The van der Waals surface area contributed by atoms with Crippen LogP contribution in [-0.4, -0.2) is 28.2 Å². The number of methoxy groups -OCH3 is 1. The number of hydrogen-bond donors (Lipinski definition) is 1. The number of rotatable bonds is 4. The standard InChI is InChI=1S/C14H13BrN2O3/c1-8(14(18)19)13-16-6-5-11(17-13)10-7-9(15)3-4-12(10)20-2/h3-8H,1-2H3,(H,18,19). The van der Waals surface area contributed by atoms with E-state index in [4.69, 9.17) is 9.84 Å². The average Bonchev–Trinajstić information content (AvgIpc) is 2.46. The van der Waals surface area contributed by atoms with E-state index in [2.05, 4.69) is 25.9 Å². The fraction of sp³-hybridized carbons (Fsp3) is 0.214. The van der Waals surface area contributed by atoms with Crippen molar-refractivity contribution >= 4 is 21.9 Å². The largest absolute Gasteiger partial charge is 0.496 e. The van der Waals surface area contributed by atoms with Gasteiger partial charge in [-0.15, -0.1) is 0 Å². The second kappa shape index (κ2) is 6.00. The molecule has 0 saturated heterocycles. The second-order valence-corrected chi connectivity index (χ2v) is 5.12. The van der Waals surface area contributed by atoms with Crippen LogP contribution in [0.15, 0.2) is 34.9 Å². The molecule has 1 unspecified atom stereocenters. The van der Waals surface area contributed by atoms with Gasteiger partial charge in [0.2, 0.25) is 0 Å². The van der Waals surface area contributed by atoms with Crippen molar-refractivity contribution in [1.82, 2.24) is 9.97 Å². The Labute approximate surface area is 124 Å². The third kappa shape index (κ3) is 2.96. The molecular formula is C14H13BrN2O3. The Bertz CT molecular complexity index is 646. The number of nitrogens with zero attached hydrogens (tertiary/aromatic N) is 2. The molecule has 104 valence electrons. The lowest BCUT2D eigenvalue weighted by Gasteiger charge is -2.10. The summed E-state index contributed by atoms with van der Waals surface area (Å²) in [5.41, 5.74) is 1.41. The zero-order valence-corrected chi connectivity index (χ0v) is 12.6. The molecule has 0 bridgehead atoms. The van der Waals surface area contributed by atoms with Crippen molar-refractivity contribution in [3.8, 4) is 17.0 Å². The van der Waals surface area contributed by atoms with Crippen molar-refractivity contribution in [2.45, 2.75) is 12.8 Å². The number of aliphatic carboxylic acids is 1. The van der Waals surface area contributed by atoms with Crippen LogP contribution in [0.5, 0.6) is 5.75 Å². The summed E-state index contributed by atoms with van der Waals surface area (Å²) in [6, 6.07) is 7.28. The molecule has 2 aromatic rings. The van der Waals surface area contributed by atoms with Gasteiger partial charge in [0.1, 0.15) is 17.5 Å². The number of halogens is 1. The maximum atomic E-state index is 11.0. The van der Waals surface area contributed by atoms with Gasteiger partial charge in [0.25, 0.3) is 0 Å². The molecule has 1 aromatic heterocycles. The minimum absolute atomic E-state index is 0.275. The van der Waals surface area contributed by atoms with Crippen molar-refractivity contribution in [3.63, 3.8) is 0 Å². The fourth-order valence-electron chi connectivity index (χ4n) is 1.72. The van der Waals surface area contributed by atoms with Gasteiger partial charge in [0.05, 0.1) is 12.8 Å². The van der Waals surface area contributed by atoms with E-state index in [1.807, 2.05) is 18.2 Å². The van der Waals surface area contributed by atoms with Crippen LogP contribution in [0.3, 0.4) is 0 Å². The molecule has 1 atom stereocenters. The third-order valence-corrected chi connectivity index (χ3v) is 3.36. The normalized spacial score (nSPS) is 11.9. The first-order valence-corrected chi connectivity index (χ1v) is 6.72. The highest BCUT2D eigenvalue weighted by Gasteiger charge is 2.18. The molecule has 1 N–H and O–H groups in total. The molecule has 6 heteroatoms. The van der Waals surface area contributed by atoms with Gasteiger partial charge in [0.15, 0.2) is 0 Å². The summed E-state index contributed by atoms with van der Waals surface area (Å²) in [7, 11) is 1.58. The van der Waals surface area contributed by atoms with Gasteiger partial charge in [-0.2, -0.15) is 0 Å². The molecule has 0 radical (unpaired) electrons. The summed E-state index contributed by atoms with van der Waals surface area (Å²) in [6.45, 7) is 1.56. The Morgan fingerprint density at radius 3 is 2.80 bits per heavy atom. The topological polar surface area (TPSA) is 72.3 Å². The minimum Gasteiger partial charge on any atom is -0.496 e. The number of carbonyl (C=O) groups is 1. The van der Waals surface area contributed by atoms with Gasteiger partial charge in [-0.1, -0.05) is 15.9 Å². The number of aromatic nitrogens is 2. The number of ether oxygens (including phenoxy) is 1. The third-order valence-electron chi connectivity index (χ3n) is 2.87. The molecule has 2 rings (SSSR count). The predicted molar refractivity (Wildman–Crippen MR) is 77.8 cm³/mol. The van der Waals surface area contributed by atoms with Crippen molar-refractivity contribution < 1.29 is 14.6 Å². The predicted octanol–water partition coefficient (Wildman–Crippen LogP) is 3.10. The van der Waals surface area contributed by atoms with E-state index >= 15 is 0 Å². The molecule has 1 heterocycles. The van der Waals surface area contributed by atoms with Crippen molar-refractivity contribution in [1.29, 1.82) is 0 Å². The van der Waals surface area contributed by atoms with Gasteiger partial charge in [0, 0.05) is 16.2 Å². The van der Waals surface area contributed by atoms with Gasteiger partial charge in [-0.05, 0) is 31.2 Å². The van der Waals surface area contributed by atoms with E-state index in [1.165, 1.54) is 0 Å².